The molecule has 5 heteroatoms. The van der Waals surface area contributed by atoms with Crippen LogP contribution in [-0.4, -0.2) is 20.5 Å². The van der Waals surface area contributed by atoms with E-state index in [0.29, 0.717) is 6.42 Å². The summed E-state index contributed by atoms with van der Waals surface area (Å²) in [6.45, 7) is 2.08. The molecule has 0 saturated heterocycles. The third-order valence-electron chi connectivity index (χ3n) is 3.87. The van der Waals surface area contributed by atoms with Crippen molar-refractivity contribution < 1.29 is 0 Å². The van der Waals surface area contributed by atoms with Crippen LogP contribution in [0, 0.1) is 18.3 Å². The van der Waals surface area contributed by atoms with Gasteiger partial charge in [-0.2, -0.15) is 5.26 Å². The fourth-order valence-electron chi connectivity index (χ4n) is 2.53. The van der Waals surface area contributed by atoms with Crippen LogP contribution in [0.3, 0.4) is 0 Å². The lowest BCUT2D eigenvalue weighted by Crippen LogP contribution is -2.00. The predicted octanol–water partition coefficient (Wildman–Crippen LogP) is 5.03. The lowest BCUT2D eigenvalue weighted by Gasteiger charge is -2.10. The van der Waals surface area contributed by atoms with E-state index in [2.05, 4.69) is 64.2 Å². The number of rotatable bonds is 7. The average molecular weight is 348 g/mol. The van der Waals surface area contributed by atoms with Crippen molar-refractivity contribution in [1.82, 2.24) is 14.8 Å². The second kappa shape index (κ2) is 8.50. The van der Waals surface area contributed by atoms with E-state index in [1.165, 1.54) is 5.56 Å². The van der Waals surface area contributed by atoms with Crippen molar-refractivity contribution in [3.63, 3.8) is 0 Å². The summed E-state index contributed by atoms with van der Waals surface area (Å²) < 4.78 is 2.11. The second-order valence-electron chi connectivity index (χ2n) is 5.81. The second-order valence-corrected chi connectivity index (χ2v) is 6.87. The number of thioether (sulfide) groups is 1. The number of hydrogen-bond donors (Lipinski definition) is 0. The Morgan fingerprint density at radius 2 is 1.76 bits per heavy atom. The first-order chi connectivity index (χ1) is 12.3. The first-order valence-corrected chi connectivity index (χ1v) is 9.36. The Morgan fingerprint density at radius 1 is 1.00 bits per heavy atom. The summed E-state index contributed by atoms with van der Waals surface area (Å²) >= 11 is 1.69. The first kappa shape index (κ1) is 17.2. The van der Waals surface area contributed by atoms with Crippen LogP contribution in [0.5, 0.6) is 0 Å². The monoisotopic (exact) mass is 348 g/mol. The molecule has 0 bridgehead atoms. The molecule has 0 N–H and O–H groups in total. The molecule has 0 aliphatic heterocycles. The molecule has 0 radical (unpaired) electrons. The van der Waals surface area contributed by atoms with E-state index in [4.69, 9.17) is 5.26 Å². The summed E-state index contributed by atoms with van der Waals surface area (Å²) in [4.78, 5) is 0. The molecule has 0 spiro atoms. The van der Waals surface area contributed by atoms with Gasteiger partial charge in [-0.25, -0.2) is 0 Å². The molecule has 0 saturated carbocycles. The van der Waals surface area contributed by atoms with Crippen LogP contribution in [-0.2, 0) is 0 Å². The van der Waals surface area contributed by atoms with Crippen molar-refractivity contribution in [2.24, 2.45) is 0 Å². The van der Waals surface area contributed by atoms with Gasteiger partial charge in [-0.1, -0.05) is 59.8 Å². The van der Waals surface area contributed by atoms with Gasteiger partial charge >= 0.3 is 0 Å². The molecule has 0 unspecified atom stereocenters. The van der Waals surface area contributed by atoms with Crippen molar-refractivity contribution in [3.05, 3.63) is 60.2 Å². The van der Waals surface area contributed by atoms with Gasteiger partial charge in [0.1, 0.15) is 0 Å². The molecule has 3 aromatic rings. The zero-order chi connectivity index (χ0) is 17.5. The molecule has 0 aliphatic rings. The topological polar surface area (TPSA) is 54.5 Å². The van der Waals surface area contributed by atoms with Gasteiger partial charge < -0.3 is 0 Å². The number of unbranched alkanes of at least 4 members (excludes halogenated alkanes) is 2. The minimum Gasteiger partial charge on any atom is -0.270 e. The van der Waals surface area contributed by atoms with Gasteiger partial charge in [0.2, 0.25) is 0 Å². The SMILES string of the molecule is Cc1ccc(-n2c(SCCCCC#N)nnc2-c2ccccc2)cc1. The quantitative estimate of drug-likeness (QED) is 0.444. The highest BCUT2D eigenvalue weighted by Gasteiger charge is 2.15. The van der Waals surface area contributed by atoms with Gasteiger partial charge in [0.25, 0.3) is 0 Å². The van der Waals surface area contributed by atoms with E-state index < -0.39 is 0 Å². The van der Waals surface area contributed by atoms with E-state index in [0.717, 1.165) is 40.8 Å². The number of nitriles is 1. The zero-order valence-corrected chi connectivity index (χ0v) is 15.0. The molecule has 3 rings (SSSR count). The fraction of sp³-hybridized carbons (Fsp3) is 0.250. The molecule has 0 fully saturated rings. The number of aryl methyl sites for hydroxylation is 1. The summed E-state index contributed by atoms with van der Waals surface area (Å²) in [6.07, 6.45) is 2.54. The van der Waals surface area contributed by atoms with Crippen molar-refractivity contribution in [2.45, 2.75) is 31.3 Å². The van der Waals surface area contributed by atoms with E-state index in [1.54, 1.807) is 11.8 Å². The number of nitrogens with zero attached hydrogens (tertiary/aromatic N) is 4. The number of benzene rings is 2. The summed E-state index contributed by atoms with van der Waals surface area (Å²) in [5.74, 6) is 1.78. The summed E-state index contributed by atoms with van der Waals surface area (Å²) in [6, 6.07) is 20.7. The lowest BCUT2D eigenvalue weighted by molar-refractivity contribution is 0.823. The van der Waals surface area contributed by atoms with E-state index >= 15 is 0 Å². The van der Waals surface area contributed by atoms with Gasteiger partial charge in [-0.05, 0) is 31.9 Å². The maximum Gasteiger partial charge on any atom is 0.196 e. The van der Waals surface area contributed by atoms with Crippen molar-refractivity contribution >= 4 is 11.8 Å². The Kier molecular flexibility index (Phi) is 5.86. The summed E-state index contributed by atoms with van der Waals surface area (Å²) in [5.41, 5.74) is 3.34. The van der Waals surface area contributed by atoms with Crippen LogP contribution < -0.4 is 0 Å². The highest BCUT2D eigenvalue weighted by atomic mass is 32.2. The third kappa shape index (κ3) is 4.28. The molecule has 4 nitrogen and oxygen atoms in total. The Balaban J connectivity index is 1.91. The predicted molar refractivity (Wildman–Crippen MR) is 102 cm³/mol. The molecular weight excluding hydrogens is 328 g/mol. The molecular formula is C20H20N4S. The van der Waals surface area contributed by atoms with Gasteiger partial charge in [-0.3, -0.25) is 4.57 Å². The Morgan fingerprint density at radius 3 is 2.48 bits per heavy atom. The number of hydrogen-bond acceptors (Lipinski definition) is 4. The van der Waals surface area contributed by atoms with Gasteiger partial charge in [0.15, 0.2) is 11.0 Å². The van der Waals surface area contributed by atoms with Crippen molar-refractivity contribution in [3.8, 4) is 23.1 Å². The Labute approximate surface area is 152 Å². The van der Waals surface area contributed by atoms with Gasteiger partial charge in [0, 0.05) is 23.4 Å². The lowest BCUT2D eigenvalue weighted by atomic mass is 10.2. The molecule has 0 aliphatic carbocycles. The van der Waals surface area contributed by atoms with Gasteiger partial charge in [-0.15, -0.1) is 10.2 Å². The Hall–Kier alpha value is -2.58. The van der Waals surface area contributed by atoms with E-state index in [9.17, 15) is 0 Å². The minimum absolute atomic E-state index is 0.612. The van der Waals surface area contributed by atoms with Crippen LogP contribution in [0.4, 0.5) is 0 Å². The zero-order valence-electron chi connectivity index (χ0n) is 14.2. The largest absolute Gasteiger partial charge is 0.270 e. The standard InChI is InChI=1S/C20H20N4S/c1-16-10-12-18(13-11-16)24-19(17-8-4-2-5-9-17)22-23-20(24)25-15-7-3-6-14-21/h2,4-5,8-13H,3,6-7,15H2,1H3. The number of aromatic nitrogens is 3. The van der Waals surface area contributed by atoms with Crippen LogP contribution >= 0.6 is 11.8 Å². The fourth-order valence-corrected chi connectivity index (χ4v) is 3.48. The first-order valence-electron chi connectivity index (χ1n) is 8.37. The molecule has 0 atom stereocenters. The maximum absolute atomic E-state index is 8.64. The highest BCUT2D eigenvalue weighted by molar-refractivity contribution is 7.99. The average Bonchev–Trinajstić information content (AvgIpc) is 3.07. The van der Waals surface area contributed by atoms with Crippen LogP contribution in [0.1, 0.15) is 24.8 Å². The van der Waals surface area contributed by atoms with Crippen LogP contribution in [0.25, 0.3) is 17.1 Å². The van der Waals surface area contributed by atoms with Gasteiger partial charge in [0.05, 0.1) is 6.07 Å². The normalized spacial score (nSPS) is 10.6. The van der Waals surface area contributed by atoms with Crippen molar-refractivity contribution in [2.75, 3.05) is 5.75 Å². The maximum atomic E-state index is 8.64. The molecule has 0 amide bonds. The van der Waals surface area contributed by atoms with E-state index in [1.807, 2.05) is 18.2 Å². The minimum atomic E-state index is 0.612. The van der Waals surface area contributed by atoms with Crippen LogP contribution in [0.2, 0.25) is 0 Å². The smallest absolute Gasteiger partial charge is 0.196 e. The van der Waals surface area contributed by atoms with Crippen LogP contribution in [0.15, 0.2) is 59.8 Å². The third-order valence-corrected chi connectivity index (χ3v) is 4.89. The Bertz CT molecular complexity index is 848. The van der Waals surface area contributed by atoms with Crippen molar-refractivity contribution in [1.29, 1.82) is 5.26 Å². The summed E-state index contributed by atoms with van der Waals surface area (Å²) in [5, 5.41) is 18.4. The highest BCUT2D eigenvalue weighted by Crippen LogP contribution is 2.28. The molecule has 1 aromatic heterocycles. The molecule has 126 valence electrons. The molecule has 25 heavy (non-hydrogen) atoms. The molecule has 2 aromatic carbocycles. The van der Waals surface area contributed by atoms with E-state index in [-0.39, 0.29) is 0 Å². The molecule has 1 heterocycles. The summed E-state index contributed by atoms with van der Waals surface area (Å²) in [7, 11) is 0.